The number of rotatable bonds is 4. The molecule has 0 atom stereocenters. The first-order valence-electron chi connectivity index (χ1n) is 5.89. The van der Waals surface area contributed by atoms with E-state index in [1.165, 1.54) is 0 Å². The lowest BCUT2D eigenvalue weighted by atomic mass is 10.2. The predicted molar refractivity (Wildman–Crippen MR) is 86.1 cm³/mol. The molecular weight excluding hydrogens is 294 g/mol. The van der Waals surface area contributed by atoms with Gasteiger partial charge in [-0.15, -0.1) is 0 Å². The van der Waals surface area contributed by atoms with Gasteiger partial charge in [0.2, 0.25) is 0 Å². The largest absolute Gasteiger partial charge is 0.495 e. The third kappa shape index (κ3) is 3.18. The standard InChI is InChI=1S/C14H14ClN3OS/c1-8-3-5-10(13(16)20)14(17-8)18-9-4-6-12(19-2)11(15)7-9/h3-7H,1-2H3,(H2,16,20)(H,17,18). The van der Waals surface area contributed by atoms with Gasteiger partial charge in [0.1, 0.15) is 16.6 Å². The molecule has 0 aliphatic rings. The van der Waals surface area contributed by atoms with Crippen molar-refractivity contribution in [2.24, 2.45) is 5.73 Å². The molecule has 20 heavy (non-hydrogen) atoms. The fourth-order valence-electron chi connectivity index (χ4n) is 1.73. The highest BCUT2D eigenvalue weighted by molar-refractivity contribution is 7.80. The minimum atomic E-state index is 0.291. The first kappa shape index (κ1) is 14.6. The zero-order valence-electron chi connectivity index (χ0n) is 11.1. The van der Waals surface area contributed by atoms with Crippen LogP contribution in [0.3, 0.4) is 0 Å². The molecule has 1 aromatic carbocycles. The molecule has 0 aliphatic carbocycles. The molecule has 1 aromatic heterocycles. The number of aromatic nitrogens is 1. The summed E-state index contributed by atoms with van der Waals surface area (Å²) in [7, 11) is 1.57. The molecule has 0 bridgehead atoms. The average Bonchev–Trinajstić information content (AvgIpc) is 2.38. The molecule has 2 rings (SSSR count). The second-order valence-electron chi connectivity index (χ2n) is 4.19. The number of halogens is 1. The number of anilines is 2. The van der Waals surface area contributed by atoms with Gasteiger partial charge in [0, 0.05) is 11.4 Å². The number of nitrogens with two attached hydrogens (primary N) is 1. The third-order valence-corrected chi connectivity index (χ3v) is 3.23. The van der Waals surface area contributed by atoms with E-state index in [-0.39, 0.29) is 0 Å². The lowest BCUT2D eigenvalue weighted by Crippen LogP contribution is -2.13. The summed E-state index contributed by atoms with van der Waals surface area (Å²) < 4.78 is 5.12. The highest BCUT2D eigenvalue weighted by Crippen LogP contribution is 2.29. The Morgan fingerprint density at radius 1 is 1.35 bits per heavy atom. The number of ether oxygens (including phenoxy) is 1. The summed E-state index contributed by atoms with van der Waals surface area (Å²) in [6.07, 6.45) is 0. The maximum absolute atomic E-state index is 6.09. The fraction of sp³-hybridized carbons (Fsp3) is 0.143. The van der Waals surface area contributed by atoms with Crippen molar-refractivity contribution in [2.45, 2.75) is 6.92 Å². The molecule has 0 spiro atoms. The Bertz CT molecular complexity index is 661. The second-order valence-corrected chi connectivity index (χ2v) is 5.03. The number of pyridine rings is 1. The van der Waals surface area contributed by atoms with E-state index in [0.29, 0.717) is 27.1 Å². The maximum Gasteiger partial charge on any atom is 0.140 e. The topological polar surface area (TPSA) is 60.2 Å². The monoisotopic (exact) mass is 307 g/mol. The van der Waals surface area contributed by atoms with Gasteiger partial charge in [0.05, 0.1) is 17.7 Å². The molecule has 0 saturated heterocycles. The first-order chi connectivity index (χ1) is 9.51. The second kappa shape index (κ2) is 6.07. The smallest absolute Gasteiger partial charge is 0.140 e. The fourth-order valence-corrected chi connectivity index (χ4v) is 2.15. The summed E-state index contributed by atoms with van der Waals surface area (Å²) in [4.78, 5) is 4.70. The summed E-state index contributed by atoms with van der Waals surface area (Å²) in [5, 5.41) is 3.68. The zero-order valence-corrected chi connectivity index (χ0v) is 12.7. The molecule has 104 valence electrons. The highest BCUT2D eigenvalue weighted by atomic mass is 35.5. The molecular formula is C14H14ClN3OS. The normalized spacial score (nSPS) is 10.2. The summed E-state index contributed by atoms with van der Waals surface area (Å²) in [6, 6.07) is 9.09. The summed E-state index contributed by atoms with van der Waals surface area (Å²) in [5.74, 6) is 1.22. The van der Waals surface area contributed by atoms with Crippen molar-refractivity contribution in [1.82, 2.24) is 4.98 Å². The van der Waals surface area contributed by atoms with Gasteiger partial charge in [0.15, 0.2) is 0 Å². The van der Waals surface area contributed by atoms with Crippen LogP contribution in [0.4, 0.5) is 11.5 Å². The van der Waals surface area contributed by atoms with Crippen LogP contribution in [-0.4, -0.2) is 17.1 Å². The predicted octanol–water partition coefficient (Wildman–Crippen LogP) is 3.43. The molecule has 4 nitrogen and oxygen atoms in total. The van der Waals surface area contributed by atoms with Crippen molar-refractivity contribution in [3.63, 3.8) is 0 Å². The van der Waals surface area contributed by atoms with Crippen LogP contribution >= 0.6 is 23.8 Å². The van der Waals surface area contributed by atoms with Crippen LogP contribution in [0.2, 0.25) is 5.02 Å². The van der Waals surface area contributed by atoms with E-state index >= 15 is 0 Å². The average molecular weight is 308 g/mol. The lowest BCUT2D eigenvalue weighted by molar-refractivity contribution is 0.415. The van der Waals surface area contributed by atoms with Gasteiger partial charge in [0.25, 0.3) is 0 Å². The Balaban J connectivity index is 2.36. The third-order valence-electron chi connectivity index (χ3n) is 2.71. The molecule has 0 aliphatic heterocycles. The number of hydrogen-bond acceptors (Lipinski definition) is 4. The molecule has 0 radical (unpaired) electrons. The number of thiocarbonyl (C=S) groups is 1. The Hall–Kier alpha value is -1.85. The van der Waals surface area contributed by atoms with Gasteiger partial charge in [-0.05, 0) is 37.3 Å². The van der Waals surface area contributed by atoms with Crippen molar-refractivity contribution in [2.75, 3.05) is 12.4 Å². The SMILES string of the molecule is COc1ccc(Nc2nc(C)ccc2C(N)=S)cc1Cl. The van der Waals surface area contributed by atoms with Gasteiger partial charge in [-0.25, -0.2) is 4.98 Å². The van der Waals surface area contributed by atoms with Gasteiger partial charge in [-0.2, -0.15) is 0 Å². The van der Waals surface area contributed by atoms with Crippen molar-refractivity contribution in [3.8, 4) is 5.75 Å². The van der Waals surface area contributed by atoms with Gasteiger partial charge in [-0.3, -0.25) is 0 Å². The van der Waals surface area contributed by atoms with E-state index in [0.717, 1.165) is 11.4 Å². The Morgan fingerprint density at radius 3 is 2.70 bits per heavy atom. The molecule has 0 amide bonds. The van der Waals surface area contributed by atoms with E-state index < -0.39 is 0 Å². The van der Waals surface area contributed by atoms with Crippen LogP contribution in [0.15, 0.2) is 30.3 Å². The number of nitrogens with zero attached hydrogens (tertiary/aromatic N) is 1. The van der Waals surface area contributed by atoms with Crippen LogP contribution < -0.4 is 15.8 Å². The first-order valence-corrected chi connectivity index (χ1v) is 6.68. The van der Waals surface area contributed by atoms with Crippen molar-refractivity contribution < 1.29 is 4.74 Å². The molecule has 3 N–H and O–H groups in total. The van der Waals surface area contributed by atoms with E-state index in [2.05, 4.69) is 10.3 Å². The van der Waals surface area contributed by atoms with Crippen molar-refractivity contribution in [3.05, 3.63) is 46.6 Å². The van der Waals surface area contributed by atoms with Crippen molar-refractivity contribution >= 4 is 40.3 Å². The number of methoxy groups -OCH3 is 1. The summed E-state index contributed by atoms with van der Waals surface area (Å²) in [5.41, 5.74) is 8.04. The van der Waals surface area contributed by atoms with E-state index in [4.69, 9.17) is 34.3 Å². The van der Waals surface area contributed by atoms with E-state index in [1.54, 1.807) is 19.2 Å². The van der Waals surface area contributed by atoms with Gasteiger partial charge in [-0.1, -0.05) is 23.8 Å². The van der Waals surface area contributed by atoms with E-state index in [1.807, 2.05) is 25.1 Å². The van der Waals surface area contributed by atoms with Crippen LogP contribution in [0.5, 0.6) is 5.75 Å². The quantitative estimate of drug-likeness (QED) is 0.847. The number of hydrogen-bond donors (Lipinski definition) is 2. The Morgan fingerprint density at radius 2 is 2.10 bits per heavy atom. The highest BCUT2D eigenvalue weighted by Gasteiger charge is 2.09. The van der Waals surface area contributed by atoms with E-state index in [9.17, 15) is 0 Å². The zero-order chi connectivity index (χ0) is 14.7. The molecule has 1 heterocycles. The van der Waals surface area contributed by atoms with Gasteiger partial charge >= 0.3 is 0 Å². The molecule has 2 aromatic rings. The lowest BCUT2D eigenvalue weighted by Gasteiger charge is -2.12. The minimum Gasteiger partial charge on any atom is -0.495 e. The molecule has 0 saturated carbocycles. The Labute approximate surface area is 127 Å². The minimum absolute atomic E-state index is 0.291. The molecule has 0 unspecified atom stereocenters. The van der Waals surface area contributed by atoms with Crippen LogP contribution in [0.1, 0.15) is 11.3 Å². The van der Waals surface area contributed by atoms with Crippen LogP contribution in [0.25, 0.3) is 0 Å². The summed E-state index contributed by atoms with van der Waals surface area (Å²) >= 11 is 11.1. The van der Waals surface area contributed by atoms with Crippen LogP contribution in [-0.2, 0) is 0 Å². The van der Waals surface area contributed by atoms with Crippen molar-refractivity contribution in [1.29, 1.82) is 0 Å². The number of aryl methyl sites for hydroxylation is 1. The number of benzene rings is 1. The number of nitrogens with one attached hydrogen (secondary N) is 1. The molecule has 0 fully saturated rings. The van der Waals surface area contributed by atoms with Crippen LogP contribution in [0, 0.1) is 6.92 Å². The van der Waals surface area contributed by atoms with Gasteiger partial charge < -0.3 is 15.8 Å². The molecule has 6 heteroatoms. The maximum atomic E-state index is 6.09. The Kier molecular flexibility index (Phi) is 4.42. The summed E-state index contributed by atoms with van der Waals surface area (Å²) in [6.45, 7) is 1.90.